The van der Waals surface area contributed by atoms with Crippen LogP contribution < -0.4 is 0 Å². The molecule has 35 heavy (non-hydrogen) atoms. The summed E-state index contributed by atoms with van der Waals surface area (Å²) in [5.41, 5.74) is 0.390. The van der Waals surface area contributed by atoms with E-state index in [2.05, 4.69) is 47.6 Å². The van der Waals surface area contributed by atoms with Crippen LogP contribution in [-0.4, -0.2) is 58.1 Å². The molecule has 4 N–H and O–H groups in total. The highest BCUT2D eigenvalue weighted by Gasteiger charge is 2.75. The average molecular weight is 489 g/mol. The molecular weight excluding hydrogens is 440 g/mol. The molecule has 5 nitrogen and oxygen atoms in total. The molecule has 198 valence electrons. The lowest BCUT2D eigenvalue weighted by Gasteiger charge is -2.71. The molecule has 6 rings (SSSR count). The predicted octanol–water partition coefficient (Wildman–Crippen LogP) is 4.07. The van der Waals surface area contributed by atoms with Gasteiger partial charge in [0.2, 0.25) is 0 Å². The summed E-state index contributed by atoms with van der Waals surface area (Å²) in [5, 5.41) is 43.7. The molecule has 0 aromatic heterocycles. The SMILES string of the molecule is CC1(C)CC2C3=CCC4[C@@]5(C)CCC(O)[C@](C)(CO)C5CC[C@@]4(C)[C@]3(C)CC3OC1C(O)[C@]32CO. The van der Waals surface area contributed by atoms with Crippen LogP contribution in [0.1, 0.15) is 86.5 Å². The largest absolute Gasteiger partial charge is 0.396 e. The molecular formula is C30H48O5. The number of aliphatic hydroxyl groups excluding tert-OH is 4. The fourth-order valence-corrected chi connectivity index (χ4v) is 11.5. The van der Waals surface area contributed by atoms with Crippen molar-refractivity contribution in [1.29, 1.82) is 0 Å². The van der Waals surface area contributed by atoms with Gasteiger partial charge in [-0.1, -0.05) is 53.2 Å². The highest BCUT2D eigenvalue weighted by atomic mass is 16.5. The molecule has 0 aromatic carbocycles. The summed E-state index contributed by atoms with van der Waals surface area (Å²) in [4.78, 5) is 0. The van der Waals surface area contributed by atoms with E-state index < -0.39 is 23.0 Å². The lowest BCUT2D eigenvalue weighted by molar-refractivity contribution is -0.221. The minimum atomic E-state index is -0.624. The van der Waals surface area contributed by atoms with Crippen molar-refractivity contribution in [1.82, 2.24) is 0 Å². The highest BCUT2D eigenvalue weighted by molar-refractivity contribution is 5.37. The van der Waals surface area contributed by atoms with Crippen LogP contribution in [0.3, 0.4) is 0 Å². The summed E-state index contributed by atoms with van der Waals surface area (Å²) in [6.45, 7) is 14.0. The van der Waals surface area contributed by atoms with Gasteiger partial charge in [0.05, 0.1) is 43.0 Å². The molecule has 5 heteroatoms. The smallest absolute Gasteiger partial charge is 0.0916 e. The van der Waals surface area contributed by atoms with E-state index in [0.29, 0.717) is 11.8 Å². The summed E-state index contributed by atoms with van der Waals surface area (Å²) in [7, 11) is 0. The number of allylic oxidation sites excluding steroid dienone is 2. The van der Waals surface area contributed by atoms with Gasteiger partial charge in [-0.3, -0.25) is 0 Å². The summed E-state index contributed by atoms with van der Waals surface area (Å²) in [6, 6.07) is 0. The summed E-state index contributed by atoms with van der Waals surface area (Å²) < 4.78 is 6.71. The maximum Gasteiger partial charge on any atom is 0.0916 e. The predicted molar refractivity (Wildman–Crippen MR) is 134 cm³/mol. The highest BCUT2D eigenvalue weighted by Crippen LogP contribution is 2.77. The zero-order valence-electron chi connectivity index (χ0n) is 22.7. The van der Waals surface area contributed by atoms with Crippen molar-refractivity contribution in [2.75, 3.05) is 13.2 Å². The molecule has 5 aliphatic carbocycles. The Kier molecular flexibility index (Phi) is 5.07. The van der Waals surface area contributed by atoms with E-state index in [0.717, 1.165) is 44.9 Å². The first kappa shape index (κ1) is 24.9. The average Bonchev–Trinajstić information content (AvgIpc) is 3.05. The molecule has 6 aliphatic rings. The molecule has 0 amide bonds. The number of hydrogen-bond donors (Lipinski definition) is 4. The standard InChI is InChI=1S/C30H48O5/c1-25(2)13-18-17-7-8-20-26(3)11-10-21(33)27(4,15-31)19(26)9-12-28(20,5)29(17,6)14-22-30(18,16-32)23(34)24(25)35-22/h7,18-24,31-34H,8-16H2,1-6H3/t18?,19?,20?,21?,22?,23?,24?,26-,27+,28+,29+,30-/m0/s1. The first-order chi connectivity index (χ1) is 16.3. The molecule has 0 radical (unpaired) electrons. The van der Waals surface area contributed by atoms with Crippen molar-refractivity contribution in [3.05, 3.63) is 11.6 Å². The minimum Gasteiger partial charge on any atom is -0.396 e. The second-order valence-corrected chi connectivity index (χ2v) is 15.2. The van der Waals surface area contributed by atoms with Gasteiger partial charge in [0.15, 0.2) is 0 Å². The Morgan fingerprint density at radius 3 is 2.29 bits per heavy atom. The van der Waals surface area contributed by atoms with Gasteiger partial charge in [-0.15, -0.1) is 0 Å². The first-order valence-electron chi connectivity index (χ1n) is 14.2. The minimum absolute atomic E-state index is 0.0177. The zero-order valence-corrected chi connectivity index (χ0v) is 22.7. The van der Waals surface area contributed by atoms with Crippen molar-refractivity contribution in [3.8, 4) is 0 Å². The fourth-order valence-electron chi connectivity index (χ4n) is 11.5. The van der Waals surface area contributed by atoms with E-state index in [4.69, 9.17) is 4.74 Å². The Morgan fingerprint density at radius 1 is 0.914 bits per heavy atom. The molecule has 1 saturated heterocycles. The molecule has 1 aliphatic heterocycles. The van der Waals surface area contributed by atoms with Gasteiger partial charge in [-0.05, 0) is 84.4 Å². The molecule has 0 spiro atoms. The van der Waals surface area contributed by atoms with E-state index in [1.807, 2.05) is 0 Å². The number of hydrogen-bond acceptors (Lipinski definition) is 5. The first-order valence-corrected chi connectivity index (χ1v) is 14.2. The van der Waals surface area contributed by atoms with Crippen LogP contribution >= 0.6 is 0 Å². The van der Waals surface area contributed by atoms with Gasteiger partial charge in [-0.2, -0.15) is 0 Å². The van der Waals surface area contributed by atoms with Crippen molar-refractivity contribution < 1.29 is 25.2 Å². The molecule has 5 fully saturated rings. The Morgan fingerprint density at radius 2 is 1.63 bits per heavy atom. The topological polar surface area (TPSA) is 90.2 Å². The van der Waals surface area contributed by atoms with Crippen molar-refractivity contribution in [3.63, 3.8) is 0 Å². The van der Waals surface area contributed by atoms with Gasteiger partial charge < -0.3 is 25.2 Å². The van der Waals surface area contributed by atoms with Gasteiger partial charge in [0, 0.05) is 5.41 Å². The number of fused-ring (bicyclic) bond motifs is 7. The normalized spacial score (nSPS) is 60.3. The monoisotopic (exact) mass is 488 g/mol. The lowest BCUT2D eigenvalue weighted by Crippen LogP contribution is -2.68. The van der Waals surface area contributed by atoms with Crippen molar-refractivity contribution in [2.24, 2.45) is 50.2 Å². The van der Waals surface area contributed by atoms with Crippen LogP contribution in [0, 0.1) is 50.2 Å². The Bertz CT molecular complexity index is 945. The molecule has 2 bridgehead atoms. The second-order valence-electron chi connectivity index (χ2n) is 15.2. The number of ether oxygens (including phenoxy) is 1. The molecule has 1 heterocycles. The van der Waals surface area contributed by atoms with Crippen molar-refractivity contribution >= 4 is 0 Å². The second kappa shape index (κ2) is 7.14. The van der Waals surface area contributed by atoms with Crippen LogP contribution in [-0.2, 0) is 4.74 Å². The third-order valence-corrected chi connectivity index (χ3v) is 13.8. The third-order valence-electron chi connectivity index (χ3n) is 13.8. The van der Waals surface area contributed by atoms with E-state index in [-0.39, 0.29) is 53.0 Å². The maximum absolute atomic E-state index is 11.5. The van der Waals surface area contributed by atoms with E-state index in [1.165, 1.54) is 5.57 Å². The van der Waals surface area contributed by atoms with E-state index in [1.54, 1.807) is 0 Å². The third kappa shape index (κ3) is 2.59. The number of rotatable bonds is 2. The fraction of sp³-hybridized carbons (Fsp3) is 0.933. The zero-order chi connectivity index (χ0) is 25.4. The van der Waals surface area contributed by atoms with Crippen molar-refractivity contribution in [2.45, 2.75) is 111 Å². The Balaban J connectivity index is 1.47. The molecule has 12 atom stereocenters. The Hall–Kier alpha value is -0.460. The van der Waals surface area contributed by atoms with Crippen LogP contribution in [0.15, 0.2) is 11.6 Å². The molecule has 7 unspecified atom stereocenters. The van der Waals surface area contributed by atoms with Crippen LogP contribution in [0.5, 0.6) is 0 Å². The number of aliphatic hydroxyl groups is 4. The van der Waals surface area contributed by atoms with E-state index >= 15 is 0 Å². The van der Waals surface area contributed by atoms with Crippen LogP contribution in [0.4, 0.5) is 0 Å². The molecule has 0 aromatic rings. The maximum atomic E-state index is 11.5. The quantitative estimate of drug-likeness (QED) is 0.440. The summed E-state index contributed by atoms with van der Waals surface area (Å²) >= 11 is 0. The Labute approximate surface area is 211 Å². The van der Waals surface area contributed by atoms with E-state index in [9.17, 15) is 20.4 Å². The summed E-state index contributed by atoms with van der Waals surface area (Å²) in [5.74, 6) is 0.915. The van der Waals surface area contributed by atoms with Gasteiger partial charge >= 0.3 is 0 Å². The lowest BCUT2D eigenvalue weighted by atomic mass is 9.33. The van der Waals surface area contributed by atoms with Gasteiger partial charge in [-0.25, -0.2) is 0 Å². The summed E-state index contributed by atoms with van der Waals surface area (Å²) in [6.07, 6.45) is 7.78. The molecule has 4 saturated carbocycles. The van der Waals surface area contributed by atoms with Crippen LogP contribution in [0.2, 0.25) is 0 Å². The van der Waals surface area contributed by atoms with Crippen LogP contribution in [0.25, 0.3) is 0 Å². The van der Waals surface area contributed by atoms with Gasteiger partial charge in [0.25, 0.3) is 0 Å². The van der Waals surface area contributed by atoms with Gasteiger partial charge in [0.1, 0.15) is 0 Å².